The number of carboxylic acids is 1. The van der Waals surface area contributed by atoms with E-state index in [1.807, 2.05) is 12.1 Å². The summed E-state index contributed by atoms with van der Waals surface area (Å²) in [7, 11) is 0. The summed E-state index contributed by atoms with van der Waals surface area (Å²) in [6, 6.07) is 10.3. The summed E-state index contributed by atoms with van der Waals surface area (Å²) in [4.78, 5) is 22.9. The van der Waals surface area contributed by atoms with Gasteiger partial charge in [0.25, 0.3) is 0 Å². The first-order chi connectivity index (χ1) is 11.5. The van der Waals surface area contributed by atoms with Gasteiger partial charge in [0.05, 0.1) is 12.0 Å². The van der Waals surface area contributed by atoms with E-state index in [1.165, 1.54) is 11.3 Å². The standard InChI is InChI=1S/C17H15ClN2O4/c18-12-5-3-11(4-6-12)13-10-14(15-2-1-9-24-15)20(19-13)16(21)7-8-17(22)23/h1-6,9,14H,7-8,10H2,(H,22,23)/p-1/t14-/m0/s1. The van der Waals surface area contributed by atoms with E-state index in [0.717, 1.165) is 11.3 Å². The molecule has 24 heavy (non-hydrogen) atoms. The van der Waals surface area contributed by atoms with E-state index in [2.05, 4.69) is 5.10 Å². The molecule has 0 unspecified atom stereocenters. The van der Waals surface area contributed by atoms with Crippen molar-refractivity contribution in [3.63, 3.8) is 0 Å². The topological polar surface area (TPSA) is 85.9 Å². The minimum absolute atomic E-state index is 0.170. The molecule has 2 heterocycles. The van der Waals surface area contributed by atoms with Crippen molar-refractivity contribution in [3.8, 4) is 0 Å². The van der Waals surface area contributed by atoms with Crippen LogP contribution in [0.3, 0.4) is 0 Å². The number of amides is 1. The molecule has 1 aliphatic rings. The van der Waals surface area contributed by atoms with Gasteiger partial charge < -0.3 is 14.3 Å². The van der Waals surface area contributed by atoms with E-state index in [-0.39, 0.29) is 24.8 Å². The minimum Gasteiger partial charge on any atom is -0.550 e. The predicted octanol–water partition coefficient (Wildman–Crippen LogP) is 2.14. The molecule has 0 radical (unpaired) electrons. The first-order valence-corrected chi connectivity index (χ1v) is 7.81. The van der Waals surface area contributed by atoms with Crippen molar-refractivity contribution < 1.29 is 19.1 Å². The molecule has 7 heteroatoms. The highest BCUT2D eigenvalue weighted by Gasteiger charge is 2.34. The lowest BCUT2D eigenvalue weighted by molar-refractivity contribution is -0.305. The molecule has 0 saturated heterocycles. The van der Waals surface area contributed by atoms with Crippen LogP contribution < -0.4 is 5.11 Å². The van der Waals surface area contributed by atoms with Crippen LogP contribution in [0.15, 0.2) is 52.2 Å². The summed E-state index contributed by atoms with van der Waals surface area (Å²) in [5.74, 6) is -1.05. The third-order valence-electron chi connectivity index (χ3n) is 3.76. The molecular weight excluding hydrogens is 332 g/mol. The molecule has 0 N–H and O–H groups in total. The summed E-state index contributed by atoms with van der Waals surface area (Å²) in [5, 5.41) is 16.9. The van der Waals surface area contributed by atoms with E-state index in [1.54, 1.807) is 24.3 Å². The molecule has 0 spiro atoms. The maximum absolute atomic E-state index is 12.4. The van der Waals surface area contributed by atoms with Crippen LogP contribution >= 0.6 is 11.6 Å². The van der Waals surface area contributed by atoms with E-state index in [9.17, 15) is 14.7 Å². The van der Waals surface area contributed by atoms with Crippen molar-refractivity contribution in [3.05, 3.63) is 59.0 Å². The zero-order valence-corrected chi connectivity index (χ0v) is 13.4. The number of benzene rings is 1. The van der Waals surface area contributed by atoms with Gasteiger partial charge in [-0.25, -0.2) is 5.01 Å². The minimum atomic E-state index is -1.26. The van der Waals surface area contributed by atoms with Gasteiger partial charge in [0.1, 0.15) is 11.8 Å². The number of aliphatic carboxylic acids is 1. The van der Waals surface area contributed by atoms with Gasteiger partial charge in [-0.2, -0.15) is 5.10 Å². The molecule has 0 aliphatic carbocycles. The molecule has 0 fully saturated rings. The van der Waals surface area contributed by atoms with Gasteiger partial charge >= 0.3 is 0 Å². The number of hydrogen-bond acceptors (Lipinski definition) is 5. The quantitative estimate of drug-likeness (QED) is 0.830. The Morgan fingerprint density at radius 3 is 2.62 bits per heavy atom. The molecule has 0 saturated carbocycles. The first-order valence-electron chi connectivity index (χ1n) is 7.43. The normalized spacial score (nSPS) is 17.0. The summed E-state index contributed by atoms with van der Waals surface area (Å²) in [6.07, 6.45) is 1.49. The number of rotatable bonds is 5. The summed E-state index contributed by atoms with van der Waals surface area (Å²) in [5.41, 5.74) is 1.57. The molecular formula is C17H14ClN2O4-. The highest BCUT2D eigenvalue weighted by atomic mass is 35.5. The largest absolute Gasteiger partial charge is 0.550 e. The maximum Gasteiger partial charge on any atom is 0.243 e. The molecule has 1 aromatic heterocycles. The number of hydrazone groups is 1. The van der Waals surface area contributed by atoms with Gasteiger partial charge in [0.15, 0.2) is 0 Å². The van der Waals surface area contributed by atoms with Gasteiger partial charge in [-0.15, -0.1) is 0 Å². The SMILES string of the molecule is O=C([O-])CCC(=O)N1N=C(c2ccc(Cl)cc2)C[C@H]1c1ccco1. The molecule has 124 valence electrons. The summed E-state index contributed by atoms with van der Waals surface area (Å²) >= 11 is 5.90. The highest BCUT2D eigenvalue weighted by Crippen LogP contribution is 2.33. The molecule has 1 aromatic carbocycles. The summed E-state index contributed by atoms with van der Waals surface area (Å²) in [6.45, 7) is 0. The van der Waals surface area contributed by atoms with Crippen LogP contribution in [0.25, 0.3) is 0 Å². The van der Waals surface area contributed by atoms with E-state index in [0.29, 0.717) is 17.2 Å². The zero-order valence-electron chi connectivity index (χ0n) is 12.6. The number of halogens is 1. The van der Waals surface area contributed by atoms with Crippen LogP contribution in [0.4, 0.5) is 0 Å². The third kappa shape index (κ3) is 3.49. The molecule has 1 amide bonds. The third-order valence-corrected chi connectivity index (χ3v) is 4.01. The fourth-order valence-electron chi connectivity index (χ4n) is 2.58. The Bertz CT molecular complexity index is 768. The Morgan fingerprint density at radius 1 is 1.25 bits per heavy atom. The molecule has 3 rings (SSSR count). The van der Waals surface area contributed by atoms with Gasteiger partial charge in [-0.1, -0.05) is 23.7 Å². The van der Waals surface area contributed by atoms with Gasteiger partial charge in [-0.05, 0) is 36.2 Å². The number of furan rings is 1. The number of carbonyl (C=O) groups excluding carboxylic acids is 2. The van der Waals surface area contributed by atoms with Crippen molar-refractivity contribution in [2.24, 2.45) is 5.10 Å². The van der Waals surface area contributed by atoms with Crippen molar-refractivity contribution in [1.82, 2.24) is 5.01 Å². The monoisotopic (exact) mass is 345 g/mol. The zero-order chi connectivity index (χ0) is 17.1. The van der Waals surface area contributed by atoms with Crippen molar-refractivity contribution in [2.45, 2.75) is 25.3 Å². The van der Waals surface area contributed by atoms with Crippen LogP contribution in [-0.4, -0.2) is 22.6 Å². The highest BCUT2D eigenvalue weighted by molar-refractivity contribution is 6.30. The van der Waals surface area contributed by atoms with Crippen LogP contribution in [0, 0.1) is 0 Å². The van der Waals surface area contributed by atoms with E-state index >= 15 is 0 Å². The number of carboxylic acid groups (broad SMARTS) is 1. The molecule has 1 aliphatic heterocycles. The second kappa shape index (κ2) is 6.88. The second-order valence-electron chi connectivity index (χ2n) is 5.40. The Hall–Kier alpha value is -2.60. The molecule has 0 bridgehead atoms. The Morgan fingerprint density at radius 2 is 2.00 bits per heavy atom. The maximum atomic E-state index is 12.4. The fourth-order valence-corrected chi connectivity index (χ4v) is 2.71. The average Bonchev–Trinajstić information content (AvgIpc) is 3.22. The Labute approximate surface area is 143 Å². The van der Waals surface area contributed by atoms with Gasteiger partial charge in [0, 0.05) is 23.8 Å². The lowest BCUT2D eigenvalue weighted by atomic mass is 10.0. The lowest BCUT2D eigenvalue weighted by Crippen LogP contribution is -2.29. The Balaban J connectivity index is 1.86. The summed E-state index contributed by atoms with van der Waals surface area (Å²) < 4.78 is 5.41. The lowest BCUT2D eigenvalue weighted by Gasteiger charge is -2.19. The molecule has 1 atom stereocenters. The van der Waals surface area contributed by atoms with Gasteiger partial charge in [-0.3, -0.25) is 4.79 Å². The predicted molar refractivity (Wildman–Crippen MR) is 85.1 cm³/mol. The average molecular weight is 346 g/mol. The van der Waals surface area contributed by atoms with Crippen LogP contribution in [0.2, 0.25) is 5.02 Å². The van der Waals surface area contributed by atoms with Crippen molar-refractivity contribution in [2.75, 3.05) is 0 Å². The number of carbonyl (C=O) groups is 2. The molecule has 6 nitrogen and oxygen atoms in total. The van der Waals surface area contributed by atoms with Crippen LogP contribution in [0.5, 0.6) is 0 Å². The van der Waals surface area contributed by atoms with Gasteiger partial charge in [0.2, 0.25) is 5.91 Å². The second-order valence-corrected chi connectivity index (χ2v) is 5.84. The fraction of sp³-hybridized carbons (Fsp3) is 0.235. The van der Waals surface area contributed by atoms with Crippen LogP contribution in [-0.2, 0) is 9.59 Å². The number of nitrogens with zero attached hydrogens (tertiary/aromatic N) is 2. The van der Waals surface area contributed by atoms with E-state index in [4.69, 9.17) is 16.0 Å². The number of hydrogen-bond donors (Lipinski definition) is 0. The van der Waals surface area contributed by atoms with E-state index < -0.39 is 5.97 Å². The van der Waals surface area contributed by atoms with Crippen molar-refractivity contribution in [1.29, 1.82) is 0 Å². The van der Waals surface area contributed by atoms with Crippen molar-refractivity contribution >= 4 is 29.2 Å². The molecule has 2 aromatic rings. The smallest absolute Gasteiger partial charge is 0.243 e. The first kappa shape index (κ1) is 16.3. The van der Waals surface area contributed by atoms with Crippen LogP contribution in [0.1, 0.15) is 36.6 Å². The Kier molecular flexibility index (Phi) is 4.66.